The normalized spacial score (nSPS) is 15.6. The number of nitrogens with one attached hydrogen (secondary N) is 1. The number of allylic oxidation sites excluding steroid dienone is 7. The van der Waals surface area contributed by atoms with Gasteiger partial charge < -0.3 is 5.32 Å². The summed E-state index contributed by atoms with van der Waals surface area (Å²) in [6, 6.07) is 0.231. The highest BCUT2D eigenvalue weighted by atomic mass is 19.4. The lowest BCUT2D eigenvalue weighted by atomic mass is 9.93. The second-order valence-electron chi connectivity index (χ2n) is 7.02. The molecule has 1 heterocycles. The Kier molecular flexibility index (Phi) is 6.63. The molecule has 1 aromatic heterocycles. The molecule has 6 heteroatoms. The molecule has 3 nitrogen and oxygen atoms in total. The maximum Gasteiger partial charge on any atom is 0.419 e. The number of alkyl halides is 3. The number of halogens is 3. The van der Waals surface area contributed by atoms with E-state index in [1.54, 1.807) is 25.2 Å². The van der Waals surface area contributed by atoms with Crippen molar-refractivity contribution in [2.75, 3.05) is 5.32 Å². The van der Waals surface area contributed by atoms with Crippen molar-refractivity contribution >= 4 is 11.5 Å². The standard InChI is InChI=1S/C21H26F3N3/c1-6-16(17(14(4)5)11-10-13(2)3)19-18(21(22,23)24)12-25-20(27-19)26-15-8-7-9-15/h6,10-12,15H,2,7-9H2,1,3-5H3,(H,25,26,27)/b11-10-,16-6+. The van der Waals surface area contributed by atoms with Gasteiger partial charge in [-0.15, -0.1) is 0 Å². The molecule has 0 atom stereocenters. The summed E-state index contributed by atoms with van der Waals surface area (Å²) >= 11 is 0. The van der Waals surface area contributed by atoms with Crippen LogP contribution >= 0.6 is 0 Å². The van der Waals surface area contributed by atoms with Crippen molar-refractivity contribution in [3.8, 4) is 0 Å². The molecule has 1 N–H and O–H groups in total. The third kappa shape index (κ3) is 5.31. The zero-order valence-electron chi connectivity index (χ0n) is 16.2. The lowest BCUT2D eigenvalue weighted by Crippen LogP contribution is -2.28. The van der Waals surface area contributed by atoms with Gasteiger partial charge in [0.25, 0.3) is 0 Å². The number of hydrogen-bond donors (Lipinski definition) is 1. The van der Waals surface area contributed by atoms with Crippen LogP contribution < -0.4 is 5.32 Å². The predicted octanol–water partition coefficient (Wildman–Crippen LogP) is 6.33. The van der Waals surface area contributed by atoms with Crippen LogP contribution in [-0.2, 0) is 6.18 Å². The van der Waals surface area contributed by atoms with Crippen molar-refractivity contribution in [1.29, 1.82) is 0 Å². The number of rotatable bonds is 6. The van der Waals surface area contributed by atoms with E-state index in [1.807, 2.05) is 20.8 Å². The smallest absolute Gasteiger partial charge is 0.351 e. The van der Waals surface area contributed by atoms with E-state index in [-0.39, 0.29) is 17.7 Å². The van der Waals surface area contributed by atoms with Crippen molar-refractivity contribution < 1.29 is 13.2 Å². The van der Waals surface area contributed by atoms with E-state index in [1.165, 1.54) is 0 Å². The van der Waals surface area contributed by atoms with Gasteiger partial charge in [-0.05, 0) is 52.5 Å². The largest absolute Gasteiger partial charge is 0.419 e. The fourth-order valence-corrected chi connectivity index (χ4v) is 2.77. The van der Waals surface area contributed by atoms with Gasteiger partial charge in [-0.3, -0.25) is 0 Å². The first-order valence-corrected chi connectivity index (χ1v) is 9.02. The molecular formula is C21H26F3N3. The minimum absolute atomic E-state index is 0.107. The molecule has 27 heavy (non-hydrogen) atoms. The van der Waals surface area contributed by atoms with Crippen molar-refractivity contribution in [3.63, 3.8) is 0 Å². The molecule has 2 rings (SSSR count). The number of hydrogen-bond acceptors (Lipinski definition) is 3. The van der Waals surface area contributed by atoms with E-state index >= 15 is 0 Å². The van der Waals surface area contributed by atoms with Gasteiger partial charge in [0.15, 0.2) is 0 Å². The summed E-state index contributed by atoms with van der Waals surface area (Å²) in [4.78, 5) is 8.17. The van der Waals surface area contributed by atoms with Crippen LogP contribution in [0, 0.1) is 0 Å². The van der Waals surface area contributed by atoms with E-state index in [9.17, 15) is 13.2 Å². The average molecular weight is 377 g/mol. The summed E-state index contributed by atoms with van der Waals surface area (Å²) in [7, 11) is 0. The fraction of sp³-hybridized carbons (Fsp3) is 0.429. The second kappa shape index (κ2) is 8.55. The van der Waals surface area contributed by atoms with Crippen molar-refractivity contribution in [1.82, 2.24) is 9.97 Å². The van der Waals surface area contributed by atoms with E-state index in [2.05, 4.69) is 21.9 Å². The first-order chi connectivity index (χ1) is 12.6. The molecule has 0 aromatic carbocycles. The molecule has 0 aliphatic heterocycles. The van der Waals surface area contributed by atoms with Gasteiger partial charge in [-0.25, -0.2) is 9.97 Å². The molecule has 1 aromatic rings. The monoisotopic (exact) mass is 377 g/mol. The summed E-state index contributed by atoms with van der Waals surface area (Å²) < 4.78 is 40.9. The summed E-state index contributed by atoms with van der Waals surface area (Å²) in [5.74, 6) is 0.235. The number of anilines is 1. The van der Waals surface area contributed by atoms with Crippen LogP contribution in [0.1, 0.15) is 58.2 Å². The third-order valence-corrected chi connectivity index (χ3v) is 4.44. The van der Waals surface area contributed by atoms with E-state index in [0.717, 1.165) is 36.6 Å². The van der Waals surface area contributed by atoms with Gasteiger partial charge >= 0.3 is 6.18 Å². The molecule has 1 aliphatic rings. The van der Waals surface area contributed by atoms with E-state index in [0.29, 0.717) is 11.1 Å². The Morgan fingerprint density at radius 3 is 2.33 bits per heavy atom. The quantitative estimate of drug-likeness (QED) is 0.589. The highest BCUT2D eigenvalue weighted by molar-refractivity contribution is 5.82. The van der Waals surface area contributed by atoms with Crippen LogP contribution in [0.2, 0.25) is 0 Å². The lowest BCUT2D eigenvalue weighted by Gasteiger charge is -2.27. The topological polar surface area (TPSA) is 37.8 Å². The first-order valence-electron chi connectivity index (χ1n) is 9.02. The van der Waals surface area contributed by atoms with Gasteiger partial charge in [0.2, 0.25) is 5.95 Å². The lowest BCUT2D eigenvalue weighted by molar-refractivity contribution is -0.138. The molecule has 0 bridgehead atoms. The van der Waals surface area contributed by atoms with Crippen LogP contribution in [-0.4, -0.2) is 16.0 Å². The molecule has 0 saturated heterocycles. The van der Waals surface area contributed by atoms with Gasteiger partial charge in [0.05, 0.1) is 5.69 Å². The number of nitrogens with zero attached hydrogens (tertiary/aromatic N) is 2. The first kappa shape index (κ1) is 20.9. The zero-order chi connectivity index (χ0) is 20.2. The van der Waals surface area contributed by atoms with E-state index in [4.69, 9.17) is 0 Å². The fourth-order valence-electron chi connectivity index (χ4n) is 2.77. The molecule has 0 spiro atoms. The number of aromatic nitrogens is 2. The average Bonchev–Trinajstić information content (AvgIpc) is 2.53. The third-order valence-electron chi connectivity index (χ3n) is 4.44. The maximum absolute atomic E-state index is 13.6. The van der Waals surface area contributed by atoms with Gasteiger partial charge in [0, 0.05) is 17.8 Å². The molecule has 146 valence electrons. The molecule has 1 aliphatic carbocycles. The Bertz CT molecular complexity index is 793. The Labute approximate surface area is 158 Å². The Balaban J connectivity index is 2.57. The van der Waals surface area contributed by atoms with Crippen LogP contribution in [0.25, 0.3) is 5.57 Å². The van der Waals surface area contributed by atoms with Crippen molar-refractivity contribution in [2.24, 2.45) is 0 Å². The summed E-state index contributed by atoms with van der Waals surface area (Å²) in [5.41, 5.74) is 1.89. The minimum atomic E-state index is -4.54. The highest BCUT2D eigenvalue weighted by Crippen LogP contribution is 2.37. The second-order valence-corrected chi connectivity index (χ2v) is 7.02. The predicted molar refractivity (Wildman–Crippen MR) is 104 cm³/mol. The molecule has 1 saturated carbocycles. The van der Waals surface area contributed by atoms with Crippen molar-refractivity contribution in [2.45, 2.75) is 59.2 Å². The Morgan fingerprint density at radius 2 is 1.89 bits per heavy atom. The molecule has 1 fully saturated rings. The van der Waals surface area contributed by atoms with Crippen molar-refractivity contribution in [3.05, 3.63) is 59.0 Å². The van der Waals surface area contributed by atoms with Gasteiger partial charge in [-0.2, -0.15) is 13.2 Å². The Morgan fingerprint density at radius 1 is 1.22 bits per heavy atom. The minimum Gasteiger partial charge on any atom is -0.351 e. The zero-order valence-corrected chi connectivity index (χ0v) is 16.2. The van der Waals surface area contributed by atoms with Gasteiger partial charge in [-0.1, -0.05) is 36.0 Å². The SMILES string of the molecule is C=C(C)/C=C\C(=C(C)C)/C(=C\C)c1nc(NC2CCC2)ncc1C(F)(F)F. The molecule has 0 radical (unpaired) electrons. The van der Waals surface area contributed by atoms with Crippen LogP contribution in [0.15, 0.2) is 47.7 Å². The highest BCUT2D eigenvalue weighted by Gasteiger charge is 2.36. The van der Waals surface area contributed by atoms with E-state index < -0.39 is 11.7 Å². The molecular weight excluding hydrogens is 351 g/mol. The molecule has 0 amide bonds. The maximum atomic E-state index is 13.6. The van der Waals surface area contributed by atoms with Crippen LogP contribution in [0.3, 0.4) is 0 Å². The Hall–Kier alpha value is -2.37. The molecule has 0 unspecified atom stereocenters. The summed E-state index contributed by atoms with van der Waals surface area (Å²) in [6.45, 7) is 11.1. The van der Waals surface area contributed by atoms with Gasteiger partial charge in [0.1, 0.15) is 5.56 Å². The summed E-state index contributed by atoms with van der Waals surface area (Å²) in [6.07, 6.45) is 4.64. The van der Waals surface area contributed by atoms with Crippen LogP contribution in [0.4, 0.5) is 19.1 Å². The summed E-state index contributed by atoms with van der Waals surface area (Å²) in [5, 5.41) is 3.13. The van der Waals surface area contributed by atoms with Crippen LogP contribution in [0.5, 0.6) is 0 Å².